The standard InChI is InChI=1S/C16H21N2O5PS/c1-16(2)15(24(21,22)23-3)18-13(20)12(14(18)25-16)17-11(19)9-10-7-5-4-6-8-10/h4-8,12,14-15H,9H2,1-3H3,(H,17,19)(H,21,22)/t12?,14-,15?/m1/s1. The molecule has 2 fully saturated rings. The van der Waals surface area contributed by atoms with Crippen molar-refractivity contribution in [1.29, 1.82) is 0 Å². The van der Waals surface area contributed by atoms with E-state index < -0.39 is 24.2 Å². The fourth-order valence-electron chi connectivity index (χ4n) is 3.37. The SMILES string of the molecule is COP(=O)(O)C1N2C(=O)C(NC(=O)Cc3ccccc3)[C@H]2SC1(C)C. The van der Waals surface area contributed by atoms with Crippen LogP contribution in [0, 0.1) is 0 Å². The Morgan fingerprint density at radius 2 is 2.04 bits per heavy atom. The van der Waals surface area contributed by atoms with Gasteiger partial charge in [-0.25, -0.2) is 0 Å². The van der Waals surface area contributed by atoms with E-state index in [-0.39, 0.29) is 23.6 Å². The van der Waals surface area contributed by atoms with Crippen LogP contribution in [0.15, 0.2) is 30.3 Å². The molecule has 0 aliphatic carbocycles. The summed E-state index contributed by atoms with van der Waals surface area (Å²) in [6.45, 7) is 3.61. The Labute approximate surface area is 150 Å². The Morgan fingerprint density at radius 3 is 2.64 bits per heavy atom. The highest BCUT2D eigenvalue weighted by Gasteiger charge is 2.66. The molecule has 2 amide bonds. The van der Waals surface area contributed by atoms with Crippen molar-refractivity contribution in [2.24, 2.45) is 0 Å². The zero-order valence-corrected chi connectivity index (χ0v) is 15.9. The van der Waals surface area contributed by atoms with Gasteiger partial charge in [-0.05, 0) is 19.4 Å². The predicted molar refractivity (Wildman–Crippen MR) is 95.0 cm³/mol. The lowest BCUT2D eigenvalue weighted by atomic mass is 10.0. The monoisotopic (exact) mass is 384 g/mol. The molecule has 4 atom stereocenters. The van der Waals surface area contributed by atoms with E-state index in [0.717, 1.165) is 12.7 Å². The maximum Gasteiger partial charge on any atom is 0.351 e. The van der Waals surface area contributed by atoms with E-state index >= 15 is 0 Å². The molecule has 25 heavy (non-hydrogen) atoms. The Balaban J connectivity index is 1.71. The molecule has 2 N–H and O–H groups in total. The molecular weight excluding hydrogens is 363 g/mol. The first-order valence-electron chi connectivity index (χ1n) is 7.89. The fraction of sp³-hybridized carbons (Fsp3) is 0.500. The van der Waals surface area contributed by atoms with Crippen LogP contribution in [-0.2, 0) is 25.1 Å². The molecule has 2 aliphatic rings. The van der Waals surface area contributed by atoms with Crippen LogP contribution in [0.3, 0.4) is 0 Å². The number of thioether (sulfide) groups is 1. The average molecular weight is 384 g/mol. The number of carbonyl (C=O) groups is 2. The molecule has 0 aromatic heterocycles. The number of hydrogen-bond donors (Lipinski definition) is 2. The van der Waals surface area contributed by atoms with Gasteiger partial charge in [0.05, 0.1) is 6.42 Å². The minimum absolute atomic E-state index is 0.186. The molecule has 2 aliphatic heterocycles. The quantitative estimate of drug-likeness (QED) is 0.591. The lowest BCUT2D eigenvalue weighted by Crippen LogP contribution is -2.69. The van der Waals surface area contributed by atoms with Crippen LogP contribution in [0.5, 0.6) is 0 Å². The van der Waals surface area contributed by atoms with Gasteiger partial charge in [0.1, 0.15) is 17.2 Å². The highest BCUT2D eigenvalue weighted by Crippen LogP contribution is 2.64. The summed E-state index contributed by atoms with van der Waals surface area (Å²) in [7, 11) is -2.80. The van der Waals surface area contributed by atoms with Crippen LogP contribution in [-0.4, -0.2) is 50.7 Å². The van der Waals surface area contributed by atoms with Crippen molar-refractivity contribution >= 4 is 31.2 Å². The predicted octanol–water partition coefficient (Wildman–Crippen LogP) is 1.57. The Bertz CT molecular complexity index is 741. The summed E-state index contributed by atoms with van der Waals surface area (Å²) >= 11 is 1.41. The molecule has 0 spiro atoms. The molecular formula is C16H21N2O5PS. The molecule has 3 rings (SSSR count). The van der Waals surface area contributed by atoms with Crippen molar-refractivity contribution in [2.75, 3.05) is 7.11 Å². The summed E-state index contributed by atoms with van der Waals surface area (Å²) in [5.74, 6) is -1.51. The summed E-state index contributed by atoms with van der Waals surface area (Å²) in [6, 6.07) is 8.58. The number of hydrogen-bond acceptors (Lipinski definition) is 5. The van der Waals surface area contributed by atoms with Crippen molar-refractivity contribution in [1.82, 2.24) is 10.2 Å². The van der Waals surface area contributed by atoms with Gasteiger partial charge in [-0.1, -0.05) is 30.3 Å². The number of β-lactam (4-membered cyclic amide) rings is 1. The van der Waals surface area contributed by atoms with Crippen molar-refractivity contribution < 1.29 is 23.6 Å². The third kappa shape index (κ3) is 3.24. The van der Waals surface area contributed by atoms with Gasteiger partial charge < -0.3 is 19.6 Å². The summed E-state index contributed by atoms with van der Waals surface area (Å²) in [4.78, 5) is 36.2. The van der Waals surface area contributed by atoms with Crippen LogP contribution >= 0.6 is 19.4 Å². The van der Waals surface area contributed by atoms with Crippen LogP contribution in [0.25, 0.3) is 0 Å². The van der Waals surface area contributed by atoms with Gasteiger partial charge in [-0.2, -0.15) is 0 Å². The topological polar surface area (TPSA) is 95.9 Å². The molecule has 0 saturated carbocycles. The van der Waals surface area contributed by atoms with Crippen LogP contribution in [0.2, 0.25) is 0 Å². The van der Waals surface area contributed by atoms with E-state index in [2.05, 4.69) is 5.32 Å². The van der Waals surface area contributed by atoms with Crippen molar-refractivity contribution in [3.63, 3.8) is 0 Å². The zero-order chi connectivity index (χ0) is 18.4. The van der Waals surface area contributed by atoms with Crippen molar-refractivity contribution in [3.8, 4) is 0 Å². The Hall–Kier alpha value is -1.34. The Kier molecular flexibility index (Phi) is 4.75. The van der Waals surface area contributed by atoms with Gasteiger partial charge >= 0.3 is 7.60 Å². The van der Waals surface area contributed by atoms with Crippen molar-refractivity contribution in [3.05, 3.63) is 35.9 Å². The van der Waals surface area contributed by atoms with Crippen LogP contribution < -0.4 is 5.32 Å². The summed E-state index contributed by atoms with van der Waals surface area (Å²) < 4.78 is 16.5. The number of fused-ring (bicyclic) bond motifs is 1. The number of amides is 2. The third-order valence-corrected chi connectivity index (χ3v) is 8.27. The van der Waals surface area contributed by atoms with Gasteiger partial charge in [0.15, 0.2) is 0 Å². The second kappa shape index (κ2) is 6.43. The molecule has 136 valence electrons. The van der Waals surface area contributed by atoms with Crippen LogP contribution in [0.4, 0.5) is 0 Å². The van der Waals surface area contributed by atoms with E-state index in [9.17, 15) is 19.0 Å². The van der Waals surface area contributed by atoms with Gasteiger partial charge in [-0.15, -0.1) is 11.8 Å². The normalized spacial score (nSPS) is 29.5. The first kappa shape index (κ1) is 18.5. The third-order valence-electron chi connectivity index (χ3n) is 4.48. The molecule has 0 bridgehead atoms. The molecule has 2 heterocycles. The van der Waals surface area contributed by atoms with Crippen molar-refractivity contribution in [2.45, 2.75) is 42.2 Å². The fourth-order valence-corrected chi connectivity index (χ4v) is 7.11. The van der Waals surface area contributed by atoms with E-state index in [1.807, 2.05) is 30.3 Å². The maximum atomic E-state index is 12.5. The minimum Gasteiger partial charge on any atom is -0.341 e. The van der Waals surface area contributed by atoms with E-state index in [0.29, 0.717) is 0 Å². The largest absolute Gasteiger partial charge is 0.351 e. The van der Waals surface area contributed by atoms with E-state index in [4.69, 9.17) is 4.52 Å². The second-order valence-electron chi connectivity index (χ2n) is 6.69. The molecule has 2 saturated heterocycles. The molecule has 9 heteroatoms. The van der Waals surface area contributed by atoms with Gasteiger partial charge in [0.25, 0.3) is 0 Å². The lowest BCUT2D eigenvalue weighted by Gasteiger charge is -2.45. The molecule has 1 aromatic rings. The average Bonchev–Trinajstić information content (AvgIpc) is 2.82. The molecule has 3 unspecified atom stereocenters. The molecule has 1 aromatic carbocycles. The Morgan fingerprint density at radius 1 is 1.40 bits per heavy atom. The van der Waals surface area contributed by atoms with E-state index in [1.54, 1.807) is 13.8 Å². The summed E-state index contributed by atoms with van der Waals surface area (Å²) in [5.41, 5.74) is 0.861. The molecule has 7 nitrogen and oxygen atoms in total. The minimum atomic E-state index is -3.97. The van der Waals surface area contributed by atoms with Crippen LogP contribution in [0.1, 0.15) is 19.4 Å². The number of nitrogens with one attached hydrogen (secondary N) is 1. The highest BCUT2D eigenvalue weighted by molar-refractivity contribution is 8.02. The number of carbonyl (C=O) groups excluding carboxylic acids is 2. The number of benzene rings is 1. The highest BCUT2D eigenvalue weighted by atomic mass is 32.2. The first-order valence-corrected chi connectivity index (χ1v) is 10.4. The van der Waals surface area contributed by atoms with E-state index in [1.165, 1.54) is 16.7 Å². The van der Waals surface area contributed by atoms with Gasteiger partial charge in [-0.3, -0.25) is 14.2 Å². The smallest absolute Gasteiger partial charge is 0.341 e. The lowest BCUT2D eigenvalue weighted by molar-refractivity contribution is -0.149. The summed E-state index contributed by atoms with van der Waals surface area (Å²) in [5, 5.41) is 2.39. The number of rotatable bonds is 5. The number of nitrogens with zero attached hydrogens (tertiary/aromatic N) is 1. The molecule has 0 radical (unpaired) electrons. The maximum absolute atomic E-state index is 12.5. The van der Waals surface area contributed by atoms with Gasteiger partial charge in [0.2, 0.25) is 11.8 Å². The van der Waals surface area contributed by atoms with Gasteiger partial charge in [0, 0.05) is 11.9 Å². The zero-order valence-electron chi connectivity index (χ0n) is 14.2. The summed E-state index contributed by atoms with van der Waals surface area (Å²) in [6.07, 6.45) is 0.186. The second-order valence-corrected chi connectivity index (χ2v) is 10.4. The first-order chi connectivity index (χ1) is 11.7.